The zero-order valence-electron chi connectivity index (χ0n) is 13.5. The molecule has 0 N–H and O–H groups in total. The summed E-state index contributed by atoms with van der Waals surface area (Å²) in [5, 5.41) is 1.04. The topological polar surface area (TPSA) is 30.2 Å². The van der Waals surface area contributed by atoms with Gasteiger partial charge in [-0.25, -0.2) is 4.79 Å². The molecule has 0 aliphatic heterocycles. The Morgan fingerprint density at radius 3 is 2.64 bits per heavy atom. The maximum atomic E-state index is 11.2. The van der Waals surface area contributed by atoms with E-state index in [-0.39, 0.29) is 5.63 Å². The number of unbranched alkanes of at least 4 members (excludes halogenated alkanes) is 2. The SMILES string of the molecule is CCCCCC1CCC(c2ccc3oc(=O)ccc3c2)CC1. The molecule has 22 heavy (non-hydrogen) atoms. The largest absolute Gasteiger partial charge is 0.423 e. The first-order valence-corrected chi connectivity index (χ1v) is 8.80. The summed E-state index contributed by atoms with van der Waals surface area (Å²) >= 11 is 0. The second-order valence-electron chi connectivity index (χ2n) is 6.77. The second-order valence-corrected chi connectivity index (χ2v) is 6.77. The monoisotopic (exact) mass is 298 g/mol. The number of benzene rings is 1. The van der Waals surface area contributed by atoms with Gasteiger partial charge in [0.2, 0.25) is 0 Å². The van der Waals surface area contributed by atoms with Gasteiger partial charge in [0.05, 0.1) is 0 Å². The van der Waals surface area contributed by atoms with Crippen LogP contribution in [0.25, 0.3) is 11.0 Å². The summed E-state index contributed by atoms with van der Waals surface area (Å²) in [5.41, 5.74) is 1.84. The van der Waals surface area contributed by atoms with Crippen LogP contribution >= 0.6 is 0 Å². The summed E-state index contributed by atoms with van der Waals surface area (Å²) in [6, 6.07) is 9.70. The summed E-state index contributed by atoms with van der Waals surface area (Å²) in [6.07, 6.45) is 10.9. The lowest BCUT2D eigenvalue weighted by Gasteiger charge is -2.29. The summed E-state index contributed by atoms with van der Waals surface area (Å²) in [4.78, 5) is 11.2. The van der Waals surface area contributed by atoms with Gasteiger partial charge in [-0.1, -0.05) is 38.7 Å². The van der Waals surface area contributed by atoms with Crippen LogP contribution in [0.3, 0.4) is 0 Å². The maximum Gasteiger partial charge on any atom is 0.336 e. The first-order chi connectivity index (χ1) is 10.8. The molecule has 1 aromatic carbocycles. The number of hydrogen-bond donors (Lipinski definition) is 0. The Morgan fingerprint density at radius 2 is 1.86 bits per heavy atom. The third kappa shape index (κ3) is 3.60. The highest BCUT2D eigenvalue weighted by molar-refractivity contribution is 5.77. The second kappa shape index (κ2) is 7.13. The van der Waals surface area contributed by atoms with E-state index in [1.165, 1.54) is 63.0 Å². The molecule has 2 nitrogen and oxygen atoms in total. The van der Waals surface area contributed by atoms with Crippen molar-refractivity contribution in [2.24, 2.45) is 5.92 Å². The molecule has 0 atom stereocenters. The Kier molecular flexibility index (Phi) is 4.97. The van der Waals surface area contributed by atoms with Crippen LogP contribution in [0.4, 0.5) is 0 Å². The quantitative estimate of drug-likeness (QED) is 0.527. The first kappa shape index (κ1) is 15.3. The van der Waals surface area contributed by atoms with Gasteiger partial charge in [0.25, 0.3) is 0 Å². The molecule has 2 heteroatoms. The molecule has 2 aromatic rings. The molecule has 1 saturated carbocycles. The summed E-state index contributed by atoms with van der Waals surface area (Å²) in [6.45, 7) is 2.28. The van der Waals surface area contributed by atoms with Crippen molar-refractivity contribution in [1.82, 2.24) is 0 Å². The maximum absolute atomic E-state index is 11.2. The van der Waals surface area contributed by atoms with E-state index in [2.05, 4.69) is 19.1 Å². The summed E-state index contributed by atoms with van der Waals surface area (Å²) in [7, 11) is 0. The molecule has 1 aliphatic rings. The van der Waals surface area contributed by atoms with E-state index >= 15 is 0 Å². The fourth-order valence-corrected chi connectivity index (χ4v) is 3.81. The van der Waals surface area contributed by atoms with Crippen molar-refractivity contribution in [3.05, 3.63) is 46.3 Å². The third-order valence-corrected chi connectivity index (χ3v) is 5.18. The van der Waals surface area contributed by atoms with E-state index < -0.39 is 0 Å². The van der Waals surface area contributed by atoms with Crippen LogP contribution in [0, 0.1) is 5.92 Å². The molecule has 1 aliphatic carbocycles. The lowest BCUT2D eigenvalue weighted by Crippen LogP contribution is -2.13. The normalized spacial score (nSPS) is 22.0. The van der Waals surface area contributed by atoms with Gasteiger partial charge >= 0.3 is 5.63 Å². The molecule has 1 aromatic heterocycles. The summed E-state index contributed by atoms with van der Waals surface area (Å²) < 4.78 is 5.22. The highest BCUT2D eigenvalue weighted by Gasteiger charge is 2.22. The molecule has 0 bridgehead atoms. The average Bonchev–Trinajstić information content (AvgIpc) is 2.55. The number of hydrogen-bond acceptors (Lipinski definition) is 2. The van der Waals surface area contributed by atoms with Crippen LogP contribution in [-0.2, 0) is 0 Å². The minimum atomic E-state index is -0.271. The molecule has 118 valence electrons. The van der Waals surface area contributed by atoms with Crippen molar-refractivity contribution in [2.45, 2.75) is 64.2 Å². The lowest BCUT2D eigenvalue weighted by atomic mass is 9.77. The molecular formula is C20H26O2. The van der Waals surface area contributed by atoms with Crippen LogP contribution in [0.15, 0.2) is 39.5 Å². The average molecular weight is 298 g/mol. The minimum absolute atomic E-state index is 0.271. The molecule has 1 heterocycles. The predicted molar refractivity (Wildman–Crippen MR) is 91.3 cm³/mol. The number of rotatable bonds is 5. The van der Waals surface area contributed by atoms with Crippen LogP contribution in [-0.4, -0.2) is 0 Å². The zero-order chi connectivity index (χ0) is 15.4. The Bertz CT molecular complexity index is 663. The van der Waals surface area contributed by atoms with E-state index in [1.54, 1.807) is 0 Å². The lowest BCUT2D eigenvalue weighted by molar-refractivity contribution is 0.303. The van der Waals surface area contributed by atoms with Crippen LogP contribution < -0.4 is 5.63 Å². The van der Waals surface area contributed by atoms with Crippen molar-refractivity contribution in [3.8, 4) is 0 Å². The minimum Gasteiger partial charge on any atom is -0.423 e. The Labute approximate surface area is 132 Å². The van der Waals surface area contributed by atoms with Gasteiger partial charge in [0.15, 0.2) is 0 Å². The van der Waals surface area contributed by atoms with E-state index in [9.17, 15) is 4.79 Å². The van der Waals surface area contributed by atoms with Crippen LogP contribution in [0.5, 0.6) is 0 Å². The Balaban J connectivity index is 1.63. The van der Waals surface area contributed by atoms with E-state index in [1.807, 2.05) is 12.1 Å². The smallest absolute Gasteiger partial charge is 0.336 e. The molecule has 0 spiro atoms. The number of fused-ring (bicyclic) bond motifs is 1. The van der Waals surface area contributed by atoms with Crippen LogP contribution in [0.2, 0.25) is 0 Å². The van der Waals surface area contributed by atoms with Crippen LogP contribution in [0.1, 0.15) is 69.8 Å². The molecule has 0 unspecified atom stereocenters. The predicted octanol–water partition coefficient (Wildman–Crippen LogP) is 5.65. The fourth-order valence-electron chi connectivity index (χ4n) is 3.81. The molecule has 0 amide bonds. The van der Waals surface area contributed by atoms with Gasteiger partial charge in [0, 0.05) is 11.5 Å². The van der Waals surface area contributed by atoms with Gasteiger partial charge in [-0.05, 0) is 61.3 Å². The van der Waals surface area contributed by atoms with Crippen molar-refractivity contribution in [2.75, 3.05) is 0 Å². The molecule has 0 radical (unpaired) electrons. The van der Waals surface area contributed by atoms with Gasteiger partial charge in [-0.2, -0.15) is 0 Å². The van der Waals surface area contributed by atoms with E-state index in [0.717, 1.165) is 11.3 Å². The highest BCUT2D eigenvalue weighted by atomic mass is 16.4. The molecule has 0 saturated heterocycles. The molecule has 1 fully saturated rings. The Hall–Kier alpha value is -1.57. The van der Waals surface area contributed by atoms with Crippen molar-refractivity contribution >= 4 is 11.0 Å². The third-order valence-electron chi connectivity index (χ3n) is 5.18. The fraction of sp³-hybridized carbons (Fsp3) is 0.550. The molecule has 3 rings (SSSR count). The van der Waals surface area contributed by atoms with Crippen molar-refractivity contribution in [1.29, 1.82) is 0 Å². The Morgan fingerprint density at radius 1 is 1.05 bits per heavy atom. The van der Waals surface area contributed by atoms with E-state index in [4.69, 9.17) is 4.42 Å². The van der Waals surface area contributed by atoms with Gasteiger partial charge < -0.3 is 4.42 Å². The highest BCUT2D eigenvalue weighted by Crippen LogP contribution is 2.38. The van der Waals surface area contributed by atoms with Gasteiger partial charge in [0.1, 0.15) is 5.58 Å². The van der Waals surface area contributed by atoms with Gasteiger partial charge in [-0.3, -0.25) is 0 Å². The van der Waals surface area contributed by atoms with Gasteiger partial charge in [-0.15, -0.1) is 0 Å². The standard InChI is InChI=1S/C20H26O2/c1-2-3-4-5-15-6-8-16(9-7-15)17-10-12-19-18(14-17)11-13-20(21)22-19/h10-16H,2-9H2,1H3. The first-order valence-electron chi connectivity index (χ1n) is 8.80. The summed E-state index contributed by atoms with van der Waals surface area (Å²) in [5.74, 6) is 1.63. The van der Waals surface area contributed by atoms with E-state index in [0.29, 0.717) is 11.5 Å². The zero-order valence-corrected chi connectivity index (χ0v) is 13.5. The van der Waals surface area contributed by atoms with Crippen molar-refractivity contribution in [3.63, 3.8) is 0 Å². The van der Waals surface area contributed by atoms with Crippen molar-refractivity contribution < 1.29 is 4.42 Å². The molecular weight excluding hydrogens is 272 g/mol.